The molecule has 4 rings (SSSR count). The van der Waals surface area contributed by atoms with E-state index in [0.29, 0.717) is 10.7 Å². The molecule has 1 aliphatic heterocycles. The van der Waals surface area contributed by atoms with E-state index in [1.54, 1.807) is 11.1 Å². The van der Waals surface area contributed by atoms with Crippen LogP contribution < -0.4 is 4.90 Å². The summed E-state index contributed by atoms with van der Waals surface area (Å²) in [6.45, 7) is 0. The molecule has 2 heterocycles. The van der Waals surface area contributed by atoms with E-state index >= 15 is 0 Å². The van der Waals surface area contributed by atoms with E-state index in [1.165, 1.54) is 11.3 Å². The highest BCUT2D eigenvalue weighted by molar-refractivity contribution is 7.14. The summed E-state index contributed by atoms with van der Waals surface area (Å²) in [6.07, 6.45) is 3.66. The lowest BCUT2D eigenvalue weighted by molar-refractivity contribution is -0.112. The van der Waals surface area contributed by atoms with Crippen molar-refractivity contribution in [2.24, 2.45) is 0 Å². The quantitative estimate of drug-likeness (QED) is 0.659. The van der Waals surface area contributed by atoms with Crippen LogP contribution in [0.2, 0.25) is 0 Å². The number of anilines is 2. The van der Waals surface area contributed by atoms with E-state index in [2.05, 4.69) is 4.98 Å². The van der Waals surface area contributed by atoms with Crippen LogP contribution in [0.25, 0.3) is 11.6 Å². The number of fused-ring (bicyclic) bond motifs is 1. The minimum absolute atomic E-state index is 0.0278. The number of carbonyl (C=O) groups excluding carboxylic acids is 1. The highest BCUT2D eigenvalue weighted by Gasteiger charge is 2.34. The van der Waals surface area contributed by atoms with Gasteiger partial charge in [-0.05, 0) is 17.7 Å². The molecule has 1 aromatic heterocycles. The summed E-state index contributed by atoms with van der Waals surface area (Å²) >= 11 is 1.46. The number of nitrogens with zero attached hydrogens (tertiary/aromatic N) is 2. The average Bonchev–Trinajstić information content (AvgIpc) is 3.16. The number of carbonyl (C=O) groups is 1. The fourth-order valence-electron chi connectivity index (χ4n) is 2.61. The number of aromatic nitrogens is 1. The number of hydrogen-bond acceptors (Lipinski definition) is 3. The van der Waals surface area contributed by atoms with Gasteiger partial charge in [-0.3, -0.25) is 9.69 Å². The Kier molecular flexibility index (Phi) is 3.09. The third-order valence-electron chi connectivity index (χ3n) is 3.59. The first-order valence-corrected chi connectivity index (χ1v) is 7.82. The van der Waals surface area contributed by atoms with Crippen molar-refractivity contribution < 1.29 is 4.79 Å². The lowest BCUT2D eigenvalue weighted by Gasteiger charge is -2.12. The van der Waals surface area contributed by atoms with E-state index in [4.69, 9.17) is 0 Å². The summed E-state index contributed by atoms with van der Waals surface area (Å²) < 4.78 is 0. The van der Waals surface area contributed by atoms with Crippen molar-refractivity contribution in [2.45, 2.75) is 0 Å². The highest BCUT2D eigenvalue weighted by Crippen LogP contribution is 2.42. The molecule has 0 bridgehead atoms. The molecule has 0 atom stereocenters. The molecule has 106 valence electrons. The first-order chi connectivity index (χ1) is 10.8. The van der Waals surface area contributed by atoms with Gasteiger partial charge in [0.1, 0.15) is 0 Å². The predicted molar refractivity (Wildman–Crippen MR) is 90.0 cm³/mol. The van der Waals surface area contributed by atoms with Gasteiger partial charge in [-0.25, -0.2) is 4.98 Å². The molecule has 0 saturated heterocycles. The number of hydrogen-bond donors (Lipinski definition) is 0. The van der Waals surface area contributed by atoms with Crippen molar-refractivity contribution in [3.63, 3.8) is 0 Å². The molecule has 0 saturated carbocycles. The molecule has 4 heteroatoms. The van der Waals surface area contributed by atoms with Gasteiger partial charge in [0.05, 0.1) is 11.3 Å². The number of rotatable bonds is 2. The maximum Gasteiger partial charge on any atom is 0.265 e. The SMILES string of the molecule is O=C1C(=Cc2ccccc2)c2ccccc2N1c1nccs1. The molecule has 2 aromatic carbocycles. The van der Waals surface area contributed by atoms with Crippen molar-refractivity contribution in [2.75, 3.05) is 4.90 Å². The van der Waals surface area contributed by atoms with Gasteiger partial charge in [0.2, 0.25) is 0 Å². The standard InChI is InChI=1S/C18H12N2OS/c21-17-15(12-13-6-2-1-3-7-13)14-8-4-5-9-16(14)20(17)18-19-10-11-22-18/h1-12H. The second-order valence-electron chi connectivity index (χ2n) is 4.94. The van der Waals surface area contributed by atoms with Crippen LogP contribution in [0.5, 0.6) is 0 Å². The van der Waals surface area contributed by atoms with Crippen molar-refractivity contribution in [1.82, 2.24) is 4.98 Å². The predicted octanol–water partition coefficient (Wildman–Crippen LogP) is 4.36. The Bertz CT molecular complexity index is 854. The second kappa shape index (κ2) is 5.24. The van der Waals surface area contributed by atoms with Crippen LogP contribution in [-0.4, -0.2) is 10.9 Å². The van der Waals surface area contributed by atoms with E-state index in [1.807, 2.05) is 66.1 Å². The van der Waals surface area contributed by atoms with Crippen molar-refractivity contribution >= 4 is 39.7 Å². The van der Waals surface area contributed by atoms with Crippen LogP contribution in [0.15, 0.2) is 66.2 Å². The molecule has 0 spiro atoms. The van der Waals surface area contributed by atoms with E-state index in [0.717, 1.165) is 16.8 Å². The molecule has 0 unspecified atom stereocenters. The molecule has 3 aromatic rings. The van der Waals surface area contributed by atoms with Gasteiger partial charge >= 0.3 is 0 Å². The maximum absolute atomic E-state index is 12.9. The first-order valence-electron chi connectivity index (χ1n) is 6.95. The smallest absolute Gasteiger partial charge is 0.265 e. The van der Waals surface area contributed by atoms with Crippen molar-refractivity contribution in [3.05, 3.63) is 77.3 Å². The van der Waals surface area contributed by atoms with Crippen molar-refractivity contribution in [3.8, 4) is 0 Å². The average molecular weight is 304 g/mol. The molecule has 22 heavy (non-hydrogen) atoms. The van der Waals surface area contributed by atoms with E-state index in [9.17, 15) is 4.79 Å². The van der Waals surface area contributed by atoms with Crippen LogP contribution in [0.1, 0.15) is 11.1 Å². The van der Waals surface area contributed by atoms with Gasteiger partial charge in [0.25, 0.3) is 5.91 Å². The number of amides is 1. The molecule has 3 nitrogen and oxygen atoms in total. The van der Waals surface area contributed by atoms with Gasteiger partial charge in [-0.1, -0.05) is 48.5 Å². The highest BCUT2D eigenvalue weighted by atomic mass is 32.1. The molecular formula is C18H12N2OS. The third kappa shape index (κ3) is 2.05. The zero-order valence-electron chi connectivity index (χ0n) is 11.6. The topological polar surface area (TPSA) is 33.2 Å². The van der Waals surface area contributed by atoms with Gasteiger partial charge in [0.15, 0.2) is 5.13 Å². The summed E-state index contributed by atoms with van der Waals surface area (Å²) in [7, 11) is 0. The Labute approximate surface area is 132 Å². The first kappa shape index (κ1) is 13.0. The van der Waals surface area contributed by atoms with Crippen LogP contribution in [0.4, 0.5) is 10.8 Å². The van der Waals surface area contributed by atoms with Gasteiger partial charge in [-0.2, -0.15) is 0 Å². The third-order valence-corrected chi connectivity index (χ3v) is 4.35. The minimum atomic E-state index is -0.0278. The summed E-state index contributed by atoms with van der Waals surface area (Å²) in [5.74, 6) is -0.0278. The largest absolute Gasteiger partial charge is 0.268 e. The lowest BCUT2D eigenvalue weighted by Crippen LogP contribution is -2.20. The Balaban J connectivity index is 1.88. The van der Waals surface area contributed by atoms with E-state index < -0.39 is 0 Å². The van der Waals surface area contributed by atoms with Crippen molar-refractivity contribution in [1.29, 1.82) is 0 Å². The zero-order valence-corrected chi connectivity index (χ0v) is 12.5. The lowest BCUT2D eigenvalue weighted by atomic mass is 10.0. The van der Waals surface area contributed by atoms with E-state index in [-0.39, 0.29) is 5.91 Å². The normalized spacial score (nSPS) is 15.4. The number of para-hydroxylation sites is 1. The Morgan fingerprint density at radius 1 is 1.00 bits per heavy atom. The monoisotopic (exact) mass is 304 g/mol. The Morgan fingerprint density at radius 2 is 1.77 bits per heavy atom. The van der Waals surface area contributed by atoms with Gasteiger partial charge in [0, 0.05) is 17.1 Å². The Morgan fingerprint density at radius 3 is 2.55 bits per heavy atom. The number of benzene rings is 2. The fraction of sp³-hybridized carbons (Fsp3) is 0. The molecule has 0 N–H and O–H groups in total. The van der Waals surface area contributed by atoms with Gasteiger partial charge < -0.3 is 0 Å². The number of thiazole rings is 1. The molecule has 1 amide bonds. The molecule has 0 fully saturated rings. The molecular weight excluding hydrogens is 292 g/mol. The van der Waals surface area contributed by atoms with Crippen LogP contribution >= 0.6 is 11.3 Å². The summed E-state index contributed by atoms with van der Waals surface area (Å²) in [5, 5.41) is 2.58. The zero-order chi connectivity index (χ0) is 14.9. The maximum atomic E-state index is 12.9. The van der Waals surface area contributed by atoms with Gasteiger partial charge in [-0.15, -0.1) is 11.3 Å². The molecule has 1 aliphatic rings. The summed E-state index contributed by atoms with van der Waals surface area (Å²) in [6, 6.07) is 17.7. The van der Waals surface area contributed by atoms with Crippen LogP contribution in [0.3, 0.4) is 0 Å². The minimum Gasteiger partial charge on any atom is -0.268 e. The van der Waals surface area contributed by atoms with Crippen LogP contribution in [-0.2, 0) is 4.79 Å². The van der Waals surface area contributed by atoms with Crippen LogP contribution in [0, 0.1) is 0 Å². The fourth-order valence-corrected chi connectivity index (χ4v) is 3.26. The molecule has 0 radical (unpaired) electrons. The summed E-state index contributed by atoms with van der Waals surface area (Å²) in [4.78, 5) is 18.9. The summed E-state index contributed by atoms with van der Waals surface area (Å²) in [5.41, 5.74) is 3.56. The second-order valence-corrected chi connectivity index (χ2v) is 5.81. The Hall–Kier alpha value is -2.72. The molecule has 0 aliphatic carbocycles.